The molecular weight excluding hydrogens is 294 g/mol. The van der Waals surface area contributed by atoms with Crippen LogP contribution in [0.4, 0.5) is 0 Å². The summed E-state index contributed by atoms with van der Waals surface area (Å²) in [6, 6.07) is 9.82. The molecule has 23 heavy (non-hydrogen) atoms. The van der Waals surface area contributed by atoms with E-state index in [1.807, 2.05) is 37.4 Å². The van der Waals surface area contributed by atoms with Gasteiger partial charge < -0.3 is 24.4 Å². The van der Waals surface area contributed by atoms with Crippen molar-refractivity contribution in [3.8, 4) is 5.75 Å². The first kappa shape index (κ1) is 19.3. The zero-order valence-corrected chi connectivity index (χ0v) is 14.5. The molecule has 6 heteroatoms. The van der Waals surface area contributed by atoms with Gasteiger partial charge in [-0.05, 0) is 18.6 Å². The summed E-state index contributed by atoms with van der Waals surface area (Å²) in [7, 11) is 5.46. The van der Waals surface area contributed by atoms with Crippen LogP contribution in [0.2, 0.25) is 0 Å². The van der Waals surface area contributed by atoms with Crippen LogP contribution in [0.15, 0.2) is 35.3 Å². The molecule has 1 rings (SSSR count). The van der Waals surface area contributed by atoms with Gasteiger partial charge in [-0.25, -0.2) is 0 Å². The van der Waals surface area contributed by atoms with Crippen LogP contribution in [0.3, 0.4) is 0 Å². The highest BCUT2D eigenvalue weighted by molar-refractivity contribution is 5.79. The summed E-state index contributed by atoms with van der Waals surface area (Å²) in [5.74, 6) is 1.75. The van der Waals surface area contributed by atoms with E-state index in [9.17, 15) is 0 Å². The van der Waals surface area contributed by atoms with E-state index in [1.54, 1.807) is 14.2 Å². The molecule has 1 aromatic carbocycles. The van der Waals surface area contributed by atoms with Gasteiger partial charge in [0.05, 0.1) is 19.8 Å². The number of nitrogens with zero attached hydrogens (tertiary/aromatic N) is 2. The minimum absolute atomic E-state index is 0.612. The normalized spacial score (nSPS) is 11.3. The van der Waals surface area contributed by atoms with Gasteiger partial charge in [0.1, 0.15) is 12.4 Å². The molecule has 0 aromatic heterocycles. The Hall–Kier alpha value is -1.79. The van der Waals surface area contributed by atoms with Crippen molar-refractivity contribution in [3.63, 3.8) is 0 Å². The van der Waals surface area contributed by atoms with Crippen LogP contribution < -0.4 is 10.1 Å². The van der Waals surface area contributed by atoms with Gasteiger partial charge in [0.2, 0.25) is 0 Å². The SMILES string of the molecule is CN=C(NCCCOCCOC)N(C)CCOc1ccccc1. The molecule has 0 fully saturated rings. The van der Waals surface area contributed by atoms with Crippen molar-refractivity contribution in [2.75, 3.05) is 60.7 Å². The van der Waals surface area contributed by atoms with E-state index in [-0.39, 0.29) is 0 Å². The Balaban J connectivity index is 2.13. The number of para-hydroxylation sites is 1. The maximum atomic E-state index is 5.70. The fraction of sp³-hybridized carbons (Fsp3) is 0.588. The molecule has 1 N–H and O–H groups in total. The zero-order chi connectivity index (χ0) is 16.8. The Morgan fingerprint density at radius 3 is 2.61 bits per heavy atom. The Kier molecular flexibility index (Phi) is 10.7. The molecule has 0 saturated carbocycles. The van der Waals surface area contributed by atoms with Crippen LogP contribution >= 0.6 is 0 Å². The summed E-state index contributed by atoms with van der Waals surface area (Å²) in [6.07, 6.45) is 0.928. The average Bonchev–Trinajstić information content (AvgIpc) is 2.58. The highest BCUT2D eigenvalue weighted by atomic mass is 16.5. The summed E-state index contributed by atoms with van der Waals surface area (Å²) in [6.45, 7) is 4.19. The van der Waals surface area contributed by atoms with Gasteiger partial charge in [-0.2, -0.15) is 0 Å². The maximum absolute atomic E-state index is 5.70. The lowest BCUT2D eigenvalue weighted by atomic mass is 10.3. The van der Waals surface area contributed by atoms with E-state index >= 15 is 0 Å². The van der Waals surface area contributed by atoms with Crippen molar-refractivity contribution < 1.29 is 14.2 Å². The number of nitrogens with one attached hydrogen (secondary N) is 1. The zero-order valence-electron chi connectivity index (χ0n) is 14.5. The van der Waals surface area contributed by atoms with Crippen molar-refractivity contribution in [1.82, 2.24) is 10.2 Å². The number of aliphatic imine (C=N–C) groups is 1. The fourth-order valence-electron chi connectivity index (χ4n) is 1.93. The standard InChI is InChI=1S/C17H29N3O3/c1-18-17(19-10-7-12-22-15-14-21-3)20(2)11-13-23-16-8-5-4-6-9-16/h4-6,8-9H,7,10-15H2,1-3H3,(H,18,19). The monoisotopic (exact) mass is 323 g/mol. The predicted octanol–water partition coefficient (Wildman–Crippen LogP) is 1.63. The first-order valence-electron chi connectivity index (χ1n) is 7.94. The fourth-order valence-corrected chi connectivity index (χ4v) is 1.93. The van der Waals surface area contributed by atoms with Crippen molar-refractivity contribution in [3.05, 3.63) is 30.3 Å². The lowest BCUT2D eigenvalue weighted by Crippen LogP contribution is -2.41. The van der Waals surface area contributed by atoms with Crippen molar-refractivity contribution in [1.29, 1.82) is 0 Å². The van der Waals surface area contributed by atoms with E-state index in [0.29, 0.717) is 26.4 Å². The van der Waals surface area contributed by atoms with Gasteiger partial charge in [0.15, 0.2) is 5.96 Å². The number of guanidine groups is 1. The number of methoxy groups -OCH3 is 1. The van der Waals surface area contributed by atoms with Gasteiger partial charge in [-0.15, -0.1) is 0 Å². The number of hydrogen-bond donors (Lipinski definition) is 1. The molecule has 0 saturated heterocycles. The van der Waals surface area contributed by atoms with Crippen molar-refractivity contribution in [2.45, 2.75) is 6.42 Å². The maximum Gasteiger partial charge on any atom is 0.193 e. The molecule has 0 heterocycles. The number of benzene rings is 1. The number of rotatable bonds is 11. The second-order valence-corrected chi connectivity index (χ2v) is 5.02. The second-order valence-electron chi connectivity index (χ2n) is 5.02. The molecule has 0 aliphatic rings. The van der Waals surface area contributed by atoms with Crippen LogP contribution in [-0.2, 0) is 9.47 Å². The molecule has 0 aliphatic carbocycles. The Morgan fingerprint density at radius 2 is 1.91 bits per heavy atom. The van der Waals surface area contributed by atoms with Crippen molar-refractivity contribution >= 4 is 5.96 Å². The molecule has 130 valence electrons. The molecule has 0 bridgehead atoms. The molecule has 6 nitrogen and oxygen atoms in total. The predicted molar refractivity (Wildman–Crippen MR) is 93.2 cm³/mol. The quantitative estimate of drug-likeness (QED) is 0.381. The van der Waals surface area contributed by atoms with Crippen LogP contribution in [-0.4, -0.2) is 71.6 Å². The third-order valence-electron chi connectivity index (χ3n) is 3.19. The first-order chi connectivity index (χ1) is 11.3. The van der Waals surface area contributed by atoms with Gasteiger partial charge in [-0.3, -0.25) is 4.99 Å². The molecule has 0 unspecified atom stereocenters. The summed E-state index contributed by atoms with van der Waals surface area (Å²) in [5.41, 5.74) is 0. The van der Waals surface area contributed by atoms with E-state index in [0.717, 1.165) is 31.2 Å². The highest BCUT2D eigenvalue weighted by Gasteiger charge is 2.05. The van der Waals surface area contributed by atoms with Crippen LogP contribution in [0.1, 0.15) is 6.42 Å². The van der Waals surface area contributed by atoms with Crippen LogP contribution in [0.25, 0.3) is 0 Å². The van der Waals surface area contributed by atoms with Crippen molar-refractivity contribution in [2.24, 2.45) is 4.99 Å². The van der Waals surface area contributed by atoms with E-state index in [4.69, 9.17) is 14.2 Å². The minimum atomic E-state index is 0.612. The van der Waals surface area contributed by atoms with Crippen LogP contribution in [0, 0.1) is 0 Å². The minimum Gasteiger partial charge on any atom is -0.492 e. The largest absolute Gasteiger partial charge is 0.492 e. The summed E-state index contributed by atoms with van der Waals surface area (Å²) in [5, 5.41) is 3.32. The summed E-state index contributed by atoms with van der Waals surface area (Å²) < 4.78 is 16.0. The first-order valence-corrected chi connectivity index (χ1v) is 7.94. The summed E-state index contributed by atoms with van der Waals surface area (Å²) in [4.78, 5) is 6.33. The Labute approximate surface area is 139 Å². The van der Waals surface area contributed by atoms with Crippen LogP contribution in [0.5, 0.6) is 5.75 Å². The molecule has 0 atom stereocenters. The van der Waals surface area contributed by atoms with Gasteiger partial charge in [-0.1, -0.05) is 18.2 Å². The number of hydrogen-bond acceptors (Lipinski definition) is 4. The smallest absolute Gasteiger partial charge is 0.193 e. The van der Waals surface area contributed by atoms with Gasteiger partial charge in [0.25, 0.3) is 0 Å². The molecular formula is C17H29N3O3. The number of likely N-dealkylation sites (N-methyl/N-ethyl adjacent to an activating group) is 1. The van der Waals surface area contributed by atoms with E-state index < -0.39 is 0 Å². The lowest BCUT2D eigenvalue weighted by molar-refractivity contribution is 0.0698. The topological polar surface area (TPSA) is 55.3 Å². The van der Waals surface area contributed by atoms with Gasteiger partial charge in [0, 0.05) is 34.4 Å². The summed E-state index contributed by atoms with van der Waals surface area (Å²) >= 11 is 0. The number of ether oxygens (including phenoxy) is 3. The van der Waals surface area contributed by atoms with E-state index in [1.165, 1.54) is 0 Å². The molecule has 0 radical (unpaired) electrons. The molecule has 0 amide bonds. The Morgan fingerprint density at radius 1 is 1.13 bits per heavy atom. The Bertz CT molecular complexity index is 426. The average molecular weight is 323 g/mol. The lowest BCUT2D eigenvalue weighted by Gasteiger charge is -2.22. The second kappa shape index (κ2) is 12.7. The molecule has 0 spiro atoms. The highest BCUT2D eigenvalue weighted by Crippen LogP contribution is 2.07. The van der Waals surface area contributed by atoms with Gasteiger partial charge >= 0.3 is 0 Å². The molecule has 0 aliphatic heterocycles. The molecule has 1 aromatic rings. The third kappa shape index (κ3) is 9.05. The van der Waals surface area contributed by atoms with E-state index in [2.05, 4.69) is 15.2 Å². The third-order valence-corrected chi connectivity index (χ3v) is 3.19.